The van der Waals surface area contributed by atoms with Crippen LogP contribution in [0.3, 0.4) is 0 Å². The average Bonchev–Trinajstić information content (AvgIpc) is 2.61. The standard InChI is InChI=1S/C12H16O2.4C2H6/c1-9-6-5-7-10(8-9)12(2,3)11(13)14-4;4*1-2/h5-8H,1-4H3;4*1-2H3. The van der Waals surface area contributed by atoms with E-state index in [0.29, 0.717) is 0 Å². The zero-order valence-electron chi connectivity index (χ0n) is 17.1. The summed E-state index contributed by atoms with van der Waals surface area (Å²) in [7, 11) is 1.42. The van der Waals surface area contributed by atoms with Crippen molar-refractivity contribution >= 4 is 5.97 Å². The highest BCUT2D eigenvalue weighted by Crippen LogP contribution is 2.25. The molecule has 22 heavy (non-hydrogen) atoms. The quantitative estimate of drug-likeness (QED) is 0.579. The van der Waals surface area contributed by atoms with E-state index >= 15 is 0 Å². The van der Waals surface area contributed by atoms with Crippen molar-refractivity contribution in [2.45, 2.75) is 81.6 Å². The van der Waals surface area contributed by atoms with Crippen molar-refractivity contribution in [2.75, 3.05) is 7.11 Å². The number of benzene rings is 1. The van der Waals surface area contributed by atoms with E-state index in [1.165, 1.54) is 7.11 Å². The third-order valence-corrected chi connectivity index (χ3v) is 2.44. The van der Waals surface area contributed by atoms with Gasteiger partial charge in [0.2, 0.25) is 0 Å². The SMILES string of the molecule is CC.CC.CC.CC.COC(=O)C(C)(C)c1cccc(C)c1. The van der Waals surface area contributed by atoms with E-state index in [-0.39, 0.29) is 5.97 Å². The van der Waals surface area contributed by atoms with Crippen LogP contribution in [0.5, 0.6) is 0 Å². The summed E-state index contributed by atoms with van der Waals surface area (Å²) >= 11 is 0. The van der Waals surface area contributed by atoms with E-state index in [2.05, 4.69) is 0 Å². The summed E-state index contributed by atoms with van der Waals surface area (Å²) in [5, 5.41) is 0. The molecule has 0 aliphatic rings. The van der Waals surface area contributed by atoms with Crippen LogP contribution in [0.2, 0.25) is 0 Å². The summed E-state index contributed by atoms with van der Waals surface area (Å²) in [6, 6.07) is 7.92. The average molecular weight is 313 g/mol. The van der Waals surface area contributed by atoms with Gasteiger partial charge in [-0.15, -0.1) is 0 Å². The molecule has 0 heterocycles. The van der Waals surface area contributed by atoms with E-state index in [1.807, 2.05) is 100 Å². The first kappa shape index (κ1) is 28.8. The number of carbonyl (C=O) groups is 1. The Hall–Kier alpha value is -1.31. The number of ether oxygens (including phenoxy) is 1. The van der Waals surface area contributed by atoms with Crippen molar-refractivity contribution in [3.8, 4) is 0 Å². The van der Waals surface area contributed by atoms with Crippen LogP contribution in [-0.4, -0.2) is 13.1 Å². The number of hydrogen-bond donors (Lipinski definition) is 0. The minimum Gasteiger partial charge on any atom is -0.468 e. The minimum atomic E-state index is -0.569. The Morgan fingerprint density at radius 1 is 0.909 bits per heavy atom. The lowest BCUT2D eigenvalue weighted by Gasteiger charge is -2.22. The Balaban J connectivity index is -0.000000175. The first-order chi connectivity index (χ1) is 10.5. The molecule has 2 heteroatoms. The molecule has 0 fully saturated rings. The Labute approximate surface area is 140 Å². The summed E-state index contributed by atoms with van der Waals surface area (Å²) < 4.78 is 4.77. The van der Waals surface area contributed by atoms with Gasteiger partial charge in [0.25, 0.3) is 0 Å². The monoisotopic (exact) mass is 312 g/mol. The molecule has 1 aromatic carbocycles. The minimum absolute atomic E-state index is 0.205. The lowest BCUT2D eigenvalue weighted by Crippen LogP contribution is -2.30. The van der Waals surface area contributed by atoms with Crippen LogP contribution < -0.4 is 0 Å². The second-order valence-electron chi connectivity index (χ2n) is 3.99. The summed E-state index contributed by atoms with van der Waals surface area (Å²) in [5.41, 5.74) is 1.57. The molecule has 0 amide bonds. The lowest BCUT2D eigenvalue weighted by atomic mass is 9.84. The molecule has 0 aliphatic carbocycles. The maximum Gasteiger partial charge on any atom is 0.315 e. The van der Waals surface area contributed by atoms with Gasteiger partial charge < -0.3 is 4.74 Å². The topological polar surface area (TPSA) is 26.3 Å². The molecule has 0 N–H and O–H groups in total. The molecule has 0 aromatic heterocycles. The highest BCUT2D eigenvalue weighted by atomic mass is 16.5. The fraction of sp³-hybridized carbons (Fsp3) is 0.650. The van der Waals surface area contributed by atoms with Gasteiger partial charge in [-0.3, -0.25) is 4.79 Å². The number of hydrogen-bond acceptors (Lipinski definition) is 2. The van der Waals surface area contributed by atoms with Gasteiger partial charge in [0.15, 0.2) is 0 Å². The maximum atomic E-state index is 11.5. The number of carbonyl (C=O) groups excluding carboxylic acids is 1. The van der Waals surface area contributed by atoms with Gasteiger partial charge in [0.05, 0.1) is 12.5 Å². The molecule has 2 nitrogen and oxygen atoms in total. The Bertz CT molecular complexity index is 341. The van der Waals surface area contributed by atoms with Crippen molar-refractivity contribution < 1.29 is 9.53 Å². The van der Waals surface area contributed by atoms with Crippen LogP contribution in [0, 0.1) is 6.92 Å². The van der Waals surface area contributed by atoms with Crippen molar-refractivity contribution in [3.05, 3.63) is 35.4 Å². The second-order valence-corrected chi connectivity index (χ2v) is 3.99. The first-order valence-electron chi connectivity index (χ1n) is 8.64. The summed E-state index contributed by atoms with van der Waals surface area (Å²) in [5.74, 6) is -0.205. The number of esters is 1. The van der Waals surface area contributed by atoms with Gasteiger partial charge in [-0.05, 0) is 26.3 Å². The van der Waals surface area contributed by atoms with Crippen molar-refractivity contribution in [3.63, 3.8) is 0 Å². The van der Waals surface area contributed by atoms with Crippen LogP contribution in [0.25, 0.3) is 0 Å². The maximum absolute atomic E-state index is 11.5. The van der Waals surface area contributed by atoms with E-state index in [0.717, 1.165) is 11.1 Å². The molecule has 132 valence electrons. The van der Waals surface area contributed by atoms with Crippen LogP contribution in [0.1, 0.15) is 80.4 Å². The van der Waals surface area contributed by atoms with Gasteiger partial charge in [-0.1, -0.05) is 85.2 Å². The predicted octanol–water partition coefficient (Wildman–Crippen LogP) is 6.55. The van der Waals surface area contributed by atoms with Crippen molar-refractivity contribution in [1.82, 2.24) is 0 Å². The van der Waals surface area contributed by atoms with Gasteiger partial charge in [-0.25, -0.2) is 0 Å². The van der Waals surface area contributed by atoms with Gasteiger partial charge >= 0.3 is 5.97 Å². The van der Waals surface area contributed by atoms with E-state index in [1.54, 1.807) is 0 Å². The highest BCUT2D eigenvalue weighted by molar-refractivity contribution is 5.82. The Kier molecular flexibility index (Phi) is 25.8. The highest BCUT2D eigenvalue weighted by Gasteiger charge is 2.30. The molecule has 0 atom stereocenters. The van der Waals surface area contributed by atoms with Gasteiger partial charge in [0.1, 0.15) is 0 Å². The van der Waals surface area contributed by atoms with E-state index < -0.39 is 5.41 Å². The molecular formula is C20H40O2. The molecule has 0 aliphatic heterocycles. The molecule has 0 saturated heterocycles. The molecule has 0 unspecified atom stereocenters. The van der Waals surface area contributed by atoms with Crippen molar-refractivity contribution in [2.24, 2.45) is 0 Å². The Morgan fingerprint density at radius 2 is 1.32 bits per heavy atom. The third kappa shape index (κ3) is 11.4. The largest absolute Gasteiger partial charge is 0.468 e. The predicted molar refractivity (Wildman–Crippen MR) is 102 cm³/mol. The molecule has 1 rings (SSSR count). The smallest absolute Gasteiger partial charge is 0.315 e. The van der Waals surface area contributed by atoms with E-state index in [4.69, 9.17) is 4.74 Å². The Morgan fingerprint density at radius 3 is 1.64 bits per heavy atom. The first-order valence-corrected chi connectivity index (χ1v) is 8.64. The zero-order chi connectivity index (χ0) is 18.8. The van der Waals surface area contributed by atoms with E-state index in [9.17, 15) is 4.79 Å². The summed E-state index contributed by atoms with van der Waals surface area (Å²) in [4.78, 5) is 11.5. The molecule has 0 spiro atoms. The molecule has 1 aromatic rings. The number of rotatable bonds is 2. The molecule has 0 saturated carbocycles. The van der Waals surface area contributed by atoms with Crippen LogP contribution in [0.15, 0.2) is 24.3 Å². The summed E-state index contributed by atoms with van der Waals surface area (Å²) in [6.07, 6.45) is 0. The summed E-state index contributed by atoms with van der Waals surface area (Å²) in [6.45, 7) is 21.7. The fourth-order valence-corrected chi connectivity index (χ4v) is 1.41. The number of methoxy groups -OCH3 is 1. The normalized spacial score (nSPS) is 8.18. The molecule has 0 bridgehead atoms. The molecular weight excluding hydrogens is 272 g/mol. The second kappa shape index (κ2) is 19.7. The van der Waals surface area contributed by atoms with Crippen LogP contribution >= 0.6 is 0 Å². The van der Waals surface area contributed by atoms with Gasteiger partial charge in [-0.2, -0.15) is 0 Å². The van der Waals surface area contributed by atoms with Gasteiger partial charge in [0, 0.05) is 0 Å². The van der Waals surface area contributed by atoms with Crippen molar-refractivity contribution in [1.29, 1.82) is 0 Å². The third-order valence-electron chi connectivity index (χ3n) is 2.44. The molecule has 0 radical (unpaired) electrons. The number of aryl methyl sites for hydroxylation is 1. The fourth-order valence-electron chi connectivity index (χ4n) is 1.41. The zero-order valence-corrected chi connectivity index (χ0v) is 17.1. The van der Waals surface area contributed by atoms with Crippen LogP contribution in [0.4, 0.5) is 0 Å². The van der Waals surface area contributed by atoms with Crippen LogP contribution in [-0.2, 0) is 14.9 Å². The lowest BCUT2D eigenvalue weighted by molar-refractivity contribution is -0.146.